The fraction of sp³-hybridized carbons (Fsp3) is 0.600. The third kappa shape index (κ3) is 2.96. The summed E-state index contributed by atoms with van der Waals surface area (Å²) < 4.78 is 1.60. The van der Waals surface area contributed by atoms with Crippen LogP contribution in [0.5, 0.6) is 0 Å². The number of carbonyl (C=O) groups excluding carboxylic acids is 1. The third-order valence-corrected chi connectivity index (χ3v) is 3.03. The predicted octanol–water partition coefficient (Wildman–Crippen LogP) is 1.56. The molecule has 15 heavy (non-hydrogen) atoms. The molecule has 84 valence electrons. The monoisotopic (exact) mass is 229 g/mol. The molecule has 0 aliphatic rings. The average Bonchev–Trinajstić information content (AvgIpc) is 2.65. The van der Waals surface area contributed by atoms with Crippen molar-refractivity contribution in [2.75, 3.05) is 5.88 Å². The zero-order valence-electron chi connectivity index (χ0n) is 9.25. The van der Waals surface area contributed by atoms with Gasteiger partial charge in [-0.2, -0.15) is 5.10 Å². The van der Waals surface area contributed by atoms with Gasteiger partial charge < -0.3 is 5.32 Å². The molecule has 0 bridgehead atoms. The van der Waals surface area contributed by atoms with Gasteiger partial charge in [0.05, 0.1) is 5.54 Å². The molecule has 1 N–H and O–H groups in total. The Kier molecular flexibility index (Phi) is 3.74. The van der Waals surface area contributed by atoms with E-state index in [-0.39, 0.29) is 11.4 Å². The SMILES string of the molecule is CCC(C)(CCl)NC(=O)c1ccn(C)n1. The van der Waals surface area contributed by atoms with Crippen LogP contribution in [0.25, 0.3) is 0 Å². The highest BCUT2D eigenvalue weighted by molar-refractivity contribution is 6.18. The molecule has 0 saturated heterocycles. The summed E-state index contributed by atoms with van der Waals surface area (Å²) in [5.41, 5.74) is 0.0539. The molecule has 0 aliphatic carbocycles. The average molecular weight is 230 g/mol. The molecular formula is C10H16ClN3O. The Morgan fingerprint density at radius 3 is 2.80 bits per heavy atom. The summed E-state index contributed by atoms with van der Waals surface area (Å²) >= 11 is 5.81. The smallest absolute Gasteiger partial charge is 0.272 e. The molecule has 1 amide bonds. The first-order chi connectivity index (χ1) is 7.00. The van der Waals surface area contributed by atoms with Gasteiger partial charge in [0.1, 0.15) is 5.69 Å². The van der Waals surface area contributed by atoms with E-state index in [9.17, 15) is 4.79 Å². The van der Waals surface area contributed by atoms with Crippen molar-refractivity contribution in [3.05, 3.63) is 18.0 Å². The van der Waals surface area contributed by atoms with E-state index < -0.39 is 0 Å². The predicted molar refractivity (Wildman–Crippen MR) is 60.1 cm³/mol. The number of halogens is 1. The Balaban J connectivity index is 2.71. The fourth-order valence-electron chi connectivity index (χ4n) is 1.09. The summed E-state index contributed by atoms with van der Waals surface area (Å²) in [7, 11) is 1.78. The zero-order valence-corrected chi connectivity index (χ0v) is 10.0. The lowest BCUT2D eigenvalue weighted by molar-refractivity contribution is 0.0906. The third-order valence-electron chi connectivity index (χ3n) is 2.44. The van der Waals surface area contributed by atoms with Gasteiger partial charge in [-0.05, 0) is 19.4 Å². The van der Waals surface area contributed by atoms with Gasteiger partial charge >= 0.3 is 0 Å². The van der Waals surface area contributed by atoms with Gasteiger partial charge in [0.2, 0.25) is 0 Å². The minimum atomic E-state index is -0.365. The quantitative estimate of drug-likeness (QED) is 0.797. The Morgan fingerprint density at radius 2 is 2.40 bits per heavy atom. The van der Waals surface area contributed by atoms with E-state index in [1.807, 2.05) is 13.8 Å². The van der Waals surface area contributed by atoms with Crippen molar-refractivity contribution < 1.29 is 4.79 Å². The molecule has 0 fully saturated rings. The molecule has 0 spiro atoms. The number of aryl methyl sites for hydroxylation is 1. The van der Waals surface area contributed by atoms with Gasteiger partial charge in [-0.1, -0.05) is 6.92 Å². The summed E-state index contributed by atoms with van der Waals surface area (Å²) in [6.07, 6.45) is 2.52. The molecule has 0 saturated carbocycles. The fourth-order valence-corrected chi connectivity index (χ4v) is 1.35. The minimum Gasteiger partial charge on any atom is -0.344 e. The van der Waals surface area contributed by atoms with Crippen molar-refractivity contribution in [1.82, 2.24) is 15.1 Å². The summed E-state index contributed by atoms with van der Waals surface area (Å²) in [6.45, 7) is 3.90. The maximum absolute atomic E-state index is 11.7. The first-order valence-corrected chi connectivity index (χ1v) is 5.42. The molecule has 0 aliphatic heterocycles. The van der Waals surface area contributed by atoms with Gasteiger partial charge in [-0.15, -0.1) is 11.6 Å². The summed E-state index contributed by atoms with van der Waals surface area (Å²) in [5, 5.41) is 6.90. The van der Waals surface area contributed by atoms with Crippen LogP contribution in [0.2, 0.25) is 0 Å². The van der Waals surface area contributed by atoms with Crippen LogP contribution >= 0.6 is 11.6 Å². The number of nitrogens with zero attached hydrogens (tertiary/aromatic N) is 2. The van der Waals surface area contributed by atoms with Crippen molar-refractivity contribution in [2.24, 2.45) is 7.05 Å². The first-order valence-electron chi connectivity index (χ1n) is 4.89. The van der Waals surface area contributed by atoms with E-state index in [2.05, 4.69) is 10.4 Å². The van der Waals surface area contributed by atoms with Crippen molar-refractivity contribution >= 4 is 17.5 Å². The highest BCUT2D eigenvalue weighted by atomic mass is 35.5. The second-order valence-corrected chi connectivity index (χ2v) is 4.14. The van der Waals surface area contributed by atoms with E-state index in [0.29, 0.717) is 11.6 Å². The van der Waals surface area contributed by atoms with Crippen LogP contribution in [0.4, 0.5) is 0 Å². The summed E-state index contributed by atoms with van der Waals surface area (Å²) in [6, 6.07) is 1.68. The molecule has 5 heteroatoms. The molecule has 1 aromatic heterocycles. The van der Waals surface area contributed by atoms with Crippen LogP contribution in [0.1, 0.15) is 30.8 Å². The maximum atomic E-state index is 11.7. The number of rotatable bonds is 4. The van der Waals surface area contributed by atoms with Crippen molar-refractivity contribution in [2.45, 2.75) is 25.8 Å². The standard InChI is InChI=1S/C10H16ClN3O/c1-4-10(2,7-11)12-9(15)8-5-6-14(3)13-8/h5-6H,4,7H2,1-3H3,(H,12,15). The lowest BCUT2D eigenvalue weighted by Gasteiger charge is -2.26. The highest BCUT2D eigenvalue weighted by Crippen LogP contribution is 2.12. The van der Waals surface area contributed by atoms with Gasteiger partial charge in [0, 0.05) is 19.1 Å². The molecule has 1 unspecified atom stereocenters. The van der Waals surface area contributed by atoms with Gasteiger partial charge in [-0.25, -0.2) is 0 Å². The van der Waals surface area contributed by atoms with Crippen molar-refractivity contribution in [3.8, 4) is 0 Å². The second-order valence-electron chi connectivity index (χ2n) is 3.88. The molecule has 1 heterocycles. The van der Waals surface area contributed by atoms with Crippen LogP contribution in [0, 0.1) is 0 Å². The molecule has 1 aromatic rings. The van der Waals surface area contributed by atoms with Crippen LogP contribution < -0.4 is 5.32 Å². The number of hydrogen-bond acceptors (Lipinski definition) is 2. The Morgan fingerprint density at radius 1 is 1.73 bits per heavy atom. The van der Waals surface area contributed by atoms with Gasteiger partial charge in [-0.3, -0.25) is 9.48 Å². The first kappa shape index (κ1) is 12.0. The number of aromatic nitrogens is 2. The van der Waals surface area contributed by atoms with E-state index in [4.69, 9.17) is 11.6 Å². The van der Waals surface area contributed by atoms with E-state index >= 15 is 0 Å². The van der Waals surface area contributed by atoms with E-state index in [1.54, 1.807) is 24.0 Å². The molecule has 0 aromatic carbocycles. The largest absolute Gasteiger partial charge is 0.344 e. The number of amides is 1. The second kappa shape index (κ2) is 4.66. The number of hydrogen-bond donors (Lipinski definition) is 1. The van der Waals surface area contributed by atoms with Crippen LogP contribution in [0.3, 0.4) is 0 Å². The Hall–Kier alpha value is -1.03. The van der Waals surface area contributed by atoms with Crippen LogP contribution in [-0.4, -0.2) is 27.1 Å². The van der Waals surface area contributed by atoms with Crippen LogP contribution in [0.15, 0.2) is 12.3 Å². The lowest BCUT2D eigenvalue weighted by Crippen LogP contribution is -2.47. The van der Waals surface area contributed by atoms with Crippen molar-refractivity contribution in [1.29, 1.82) is 0 Å². The molecular weight excluding hydrogens is 214 g/mol. The lowest BCUT2D eigenvalue weighted by atomic mass is 10.0. The summed E-state index contributed by atoms with van der Waals surface area (Å²) in [5.74, 6) is 0.211. The highest BCUT2D eigenvalue weighted by Gasteiger charge is 2.24. The molecule has 1 rings (SSSR count). The Labute approximate surface area is 94.6 Å². The minimum absolute atomic E-state index is 0.180. The normalized spacial score (nSPS) is 14.7. The molecule has 0 radical (unpaired) electrons. The van der Waals surface area contributed by atoms with E-state index in [0.717, 1.165) is 6.42 Å². The van der Waals surface area contributed by atoms with E-state index in [1.165, 1.54) is 0 Å². The molecule has 4 nitrogen and oxygen atoms in total. The topological polar surface area (TPSA) is 46.9 Å². The number of alkyl halides is 1. The maximum Gasteiger partial charge on any atom is 0.272 e. The van der Waals surface area contributed by atoms with Crippen molar-refractivity contribution in [3.63, 3.8) is 0 Å². The van der Waals surface area contributed by atoms with Gasteiger partial charge in [0.25, 0.3) is 5.91 Å². The number of carbonyl (C=O) groups is 1. The van der Waals surface area contributed by atoms with Gasteiger partial charge in [0.15, 0.2) is 0 Å². The van der Waals surface area contributed by atoms with Crippen LogP contribution in [-0.2, 0) is 7.05 Å². The molecule has 1 atom stereocenters. The number of nitrogens with one attached hydrogen (secondary N) is 1. The zero-order chi connectivity index (χ0) is 11.5. The summed E-state index contributed by atoms with van der Waals surface area (Å²) in [4.78, 5) is 11.7. The Bertz CT molecular complexity index is 344.